The molecule has 26 heavy (non-hydrogen) atoms. The van der Waals surface area contributed by atoms with Crippen LogP contribution in [0.15, 0.2) is 23.2 Å². The fourth-order valence-corrected chi connectivity index (χ4v) is 3.23. The molecule has 0 atom stereocenters. The molecule has 2 rings (SSSR count). The summed E-state index contributed by atoms with van der Waals surface area (Å²) in [4.78, 5) is 18.1. The molecule has 1 aromatic carbocycles. The lowest BCUT2D eigenvalue weighted by Crippen LogP contribution is -2.45. The highest BCUT2D eigenvalue weighted by Crippen LogP contribution is 2.20. The largest absolute Gasteiger partial charge is 0.380 e. The van der Waals surface area contributed by atoms with Crippen LogP contribution in [-0.2, 0) is 22.7 Å². The van der Waals surface area contributed by atoms with Gasteiger partial charge >= 0.3 is 0 Å². The number of carbonyl (C=O) groups is 1. The first-order valence-electron chi connectivity index (χ1n) is 8.99. The number of likely N-dealkylation sites (tertiary alicyclic amines) is 1. The lowest BCUT2D eigenvalue weighted by Gasteiger charge is -2.34. The van der Waals surface area contributed by atoms with Gasteiger partial charge in [-0.05, 0) is 36.5 Å². The van der Waals surface area contributed by atoms with Crippen molar-refractivity contribution in [1.29, 1.82) is 0 Å². The van der Waals surface area contributed by atoms with Gasteiger partial charge in [0.25, 0.3) is 0 Å². The summed E-state index contributed by atoms with van der Waals surface area (Å²) >= 11 is 0. The third-order valence-electron chi connectivity index (χ3n) is 4.74. The minimum absolute atomic E-state index is 0.106. The van der Waals surface area contributed by atoms with Crippen molar-refractivity contribution in [1.82, 2.24) is 15.5 Å². The van der Waals surface area contributed by atoms with Crippen LogP contribution >= 0.6 is 0 Å². The Bertz CT molecular complexity index is 628. The highest BCUT2D eigenvalue weighted by molar-refractivity contribution is 5.80. The van der Waals surface area contributed by atoms with Crippen LogP contribution in [0.2, 0.25) is 0 Å². The summed E-state index contributed by atoms with van der Waals surface area (Å²) in [6.45, 7) is 2.58. The van der Waals surface area contributed by atoms with Gasteiger partial charge < -0.3 is 20.3 Å². The predicted molar refractivity (Wildman–Crippen MR) is 100 cm³/mol. The molecule has 144 valence electrons. The molecule has 1 amide bonds. The van der Waals surface area contributed by atoms with Crippen molar-refractivity contribution in [3.8, 4) is 0 Å². The molecule has 6 nitrogen and oxygen atoms in total. The van der Waals surface area contributed by atoms with Crippen LogP contribution in [-0.4, -0.2) is 51.1 Å². The quantitative estimate of drug-likeness (QED) is 0.598. The number of methoxy groups -OCH3 is 1. The van der Waals surface area contributed by atoms with E-state index < -0.39 is 0 Å². The van der Waals surface area contributed by atoms with Crippen LogP contribution in [0.4, 0.5) is 4.39 Å². The van der Waals surface area contributed by atoms with Gasteiger partial charge in [0.05, 0.1) is 6.61 Å². The van der Waals surface area contributed by atoms with Gasteiger partial charge in [-0.15, -0.1) is 0 Å². The minimum Gasteiger partial charge on any atom is -0.380 e. The fourth-order valence-electron chi connectivity index (χ4n) is 3.23. The second kappa shape index (κ2) is 10.1. The maximum Gasteiger partial charge on any atom is 0.220 e. The number of rotatable bonds is 6. The summed E-state index contributed by atoms with van der Waals surface area (Å²) in [5, 5.41) is 6.03. The van der Waals surface area contributed by atoms with E-state index in [-0.39, 0.29) is 18.3 Å². The molecule has 0 aliphatic carbocycles. The number of halogens is 1. The Morgan fingerprint density at radius 3 is 2.73 bits per heavy atom. The number of nitrogens with zero attached hydrogens (tertiary/aromatic N) is 2. The van der Waals surface area contributed by atoms with Crippen LogP contribution in [0, 0.1) is 11.7 Å². The van der Waals surface area contributed by atoms with E-state index in [4.69, 9.17) is 4.74 Å². The zero-order chi connectivity index (χ0) is 18.9. The zero-order valence-corrected chi connectivity index (χ0v) is 15.8. The molecule has 1 fully saturated rings. The molecule has 1 aromatic rings. The zero-order valence-electron chi connectivity index (χ0n) is 15.8. The smallest absolute Gasteiger partial charge is 0.220 e. The van der Waals surface area contributed by atoms with Crippen molar-refractivity contribution in [3.05, 3.63) is 35.1 Å². The molecular weight excluding hydrogens is 335 g/mol. The Hall–Kier alpha value is -2.15. The Labute approximate surface area is 154 Å². The lowest BCUT2D eigenvalue weighted by molar-refractivity contribution is -0.121. The van der Waals surface area contributed by atoms with E-state index in [1.54, 1.807) is 27.3 Å². The van der Waals surface area contributed by atoms with E-state index in [1.165, 1.54) is 6.07 Å². The highest BCUT2D eigenvalue weighted by atomic mass is 19.1. The molecule has 0 spiro atoms. The normalized spacial score (nSPS) is 15.8. The molecule has 0 radical (unpaired) electrons. The van der Waals surface area contributed by atoms with Crippen molar-refractivity contribution in [2.45, 2.75) is 32.4 Å². The van der Waals surface area contributed by atoms with Crippen LogP contribution in [0.1, 0.15) is 30.4 Å². The van der Waals surface area contributed by atoms with Crippen LogP contribution in [0.25, 0.3) is 0 Å². The second-order valence-corrected chi connectivity index (χ2v) is 6.57. The van der Waals surface area contributed by atoms with Crippen molar-refractivity contribution in [2.75, 3.05) is 34.3 Å². The number of ether oxygens (including phenoxy) is 1. The molecule has 1 aliphatic heterocycles. The van der Waals surface area contributed by atoms with Crippen molar-refractivity contribution in [2.24, 2.45) is 10.9 Å². The van der Waals surface area contributed by atoms with Gasteiger partial charge in [0.1, 0.15) is 5.82 Å². The van der Waals surface area contributed by atoms with Gasteiger partial charge in [-0.3, -0.25) is 9.79 Å². The number of aliphatic imine (C=N–C) groups is 1. The Morgan fingerprint density at radius 2 is 2.12 bits per heavy atom. The van der Waals surface area contributed by atoms with Crippen molar-refractivity contribution in [3.63, 3.8) is 0 Å². The van der Waals surface area contributed by atoms with Crippen molar-refractivity contribution < 1.29 is 13.9 Å². The highest BCUT2D eigenvalue weighted by Gasteiger charge is 2.23. The average molecular weight is 364 g/mol. The number of benzene rings is 1. The third-order valence-corrected chi connectivity index (χ3v) is 4.74. The molecule has 2 N–H and O–H groups in total. The molecule has 1 aliphatic rings. The molecule has 1 saturated heterocycles. The van der Waals surface area contributed by atoms with Gasteiger partial charge in [-0.2, -0.15) is 0 Å². The van der Waals surface area contributed by atoms with Gasteiger partial charge in [-0.25, -0.2) is 4.39 Å². The lowest BCUT2D eigenvalue weighted by atomic mass is 9.93. The maximum atomic E-state index is 13.7. The summed E-state index contributed by atoms with van der Waals surface area (Å²) in [6.07, 6.45) is 2.54. The van der Waals surface area contributed by atoms with Gasteiger partial charge in [0, 0.05) is 52.8 Å². The van der Waals surface area contributed by atoms with Gasteiger partial charge in [-0.1, -0.05) is 6.07 Å². The second-order valence-electron chi connectivity index (χ2n) is 6.57. The topological polar surface area (TPSA) is 66.0 Å². The number of piperidine rings is 1. The summed E-state index contributed by atoms with van der Waals surface area (Å²) in [5.41, 5.74) is 1.53. The third kappa shape index (κ3) is 5.69. The molecular formula is C19H29FN4O2. The number of nitrogens with one attached hydrogen (secondary N) is 2. The number of amides is 1. The first kappa shape index (κ1) is 20.2. The van der Waals surface area contributed by atoms with E-state index in [1.807, 2.05) is 6.07 Å². The summed E-state index contributed by atoms with van der Waals surface area (Å²) in [7, 11) is 5.00. The minimum atomic E-state index is -0.252. The molecule has 7 heteroatoms. The molecule has 0 saturated carbocycles. The van der Waals surface area contributed by atoms with E-state index in [2.05, 4.69) is 20.5 Å². The van der Waals surface area contributed by atoms with E-state index >= 15 is 0 Å². The van der Waals surface area contributed by atoms with Crippen LogP contribution < -0.4 is 10.6 Å². The van der Waals surface area contributed by atoms with Gasteiger partial charge in [0.15, 0.2) is 5.96 Å². The molecule has 0 unspecified atom stereocenters. The van der Waals surface area contributed by atoms with E-state index in [0.29, 0.717) is 24.4 Å². The number of hydrogen-bond donors (Lipinski definition) is 2. The van der Waals surface area contributed by atoms with E-state index in [0.717, 1.165) is 37.5 Å². The average Bonchev–Trinajstić information content (AvgIpc) is 2.66. The Kier molecular flexibility index (Phi) is 7.84. The monoisotopic (exact) mass is 364 g/mol. The Morgan fingerprint density at radius 1 is 1.38 bits per heavy atom. The van der Waals surface area contributed by atoms with E-state index in [9.17, 15) is 9.18 Å². The Balaban J connectivity index is 1.87. The van der Waals surface area contributed by atoms with Crippen LogP contribution in [0.5, 0.6) is 0 Å². The van der Waals surface area contributed by atoms with Crippen LogP contribution in [0.3, 0.4) is 0 Å². The number of hydrogen-bond acceptors (Lipinski definition) is 3. The maximum absolute atomic E-state index is 13.7. The SMILES string of the molecule is CN=C(NCc1ccc(F)c(COC)c1)N1CCC(CC(=O)NC)CC1. The first-order chi connectivity index (χ1) is 12.6. The number of carbonyl (C=O) groups excluding carboxylic acids is 1. The molecule has 0 aromatic heterocycles. The molecule has 0 bridgehead atoms. The van der Waals surface area contributed by atoms with Gasteiger partial charge in [0.2, 0.25) is 5.91 Å². The molecule has 1 heterocycles. The number of guanidine groups is 1. The van der Waals surface area contributed by atoms with Crippen molar-refractivity contribution >= 4 is 11.9 Å². The first-order valence-corrected chi connectivity index (χ1v) is 8.99. The fraction of sp³-hybridized carbons (Fsp3) is 0.579. The predicted octanol–water partition coefficient (Wildman–Crippen LogP) is 1.90. The summed E-state index contributed by atoms with van der Waals surface area (Å²) in [6, 6.07) is 5.05. The standard InChI is InChI=1S/C19H29FN4O2/c1-21-18(25)11-14-6-8-24(9-7-14)19(22-2)23-12-15-4-5-17(20)16(10-15)13-26-3/h4-5,10,14H,6-9,11-13H2,1-3H3,(H,21,25)(H,22,23). The summed E-state index contributed by atoms with van der Waals surface area (Å²) in [5.74, 6) is 1.12. The summed E-state index contributed by atoms with van der Waals surface area (Å²) < 4.78 is 18.7.